The van der Waals surface area contributed by atoms with Crippen molar-refractivity contribution < 1.29 is 15.0 Å². The van der Waals surface area contributed by atoms with Crippen molar-refractivity contribution in [3.05, 3.63) is 92.5 Å². The number of carboxylic acids is 1. The van der Waals surface area contributed by atoms with Crippen LogP contribution in [0.2, 0.25) is 5.02 Å². The van der Waals surface area contributed by atoms with E-state index in [1.54, 1.807) is 30.5 Å². The third-order valence-electron chi connectivity index (χ3n) is 4.51. The van der Waals surface area contributed by atoms with Crippen molar-refractivity contribution >= 4 is 28.5 Å². The second kappa shape index (κ2) is 7.50. The highest BCUT2D eigenvalue weighted by Crippen LogP contribution is 2.24. The maximum Gasteiger partial charge on any atom is 0.341 e. The topological polar surface area (TPSA) is 121 Å². The van der Waals surface area contributed by atoms with Crippen LogP contribution in [0.15, 0.2) is 59.5 Å². The minimum atomic E-state index is -1.31. The lowest BCUT2D eigenvalue weighted by atomic mass is 10.1. The predicted octanol–water partition coefficient (Wildman–Crippen LogP) is 2.60. The van der Waals surface area contributed by atoms with E-state index in [0.29, 0.717) is 32.7 Å². The zero-order valence-corrected chi connectivity index (χ0v) is 15.7. The van der Waals surface area contributed by atoms with E-state index < -0.39 is 17.6 Å². The van der Waals surface area contributed by atoms with Crippen LogP contribution in [-0.4, -0.2) is 36.2 Å². The van der Waals surface area contributed by atoms with Gasteiger partial charge in [-0.1, -0.05) is 47.1 Å². The number of nitrogens with zero attached hydrogens (tertiary/aromatic N) is 3. The molecule has 2 aromatic carbocycles. The zero-order valence-electron chi connectivity index (χ0n) is 14.9. The van der Waals surface area contributed by atoms with Gasteiger partial charge in [-0.3, -0.25) is 4.79 Å². The number of aliphatic hydroxyl groups excluding tert-OH is 1. The Hall–Kier alpha value is -3.49. The van der Waals surface area contributed by atoms with Gasteiger partial charge in [0.1, 0.15) is 17.4 Å². The van der Waals surface area contributed by atoms with Gasteiger partial charge in [0.15, 0.2) is 0 Å². The number of fused-ring (bicyclic) bond motifs is 1. The Morgan fingerprint density at radius 3 is 2.69 bits per heavy atom. The Balaban J connectivity index is 1.70. The van der Waals surface area contributed by atoms with Crippen molar-refractivity contribution in [3.8, 4) is 0 Å². The Labute approximate surface area is 169 Å². The minimum Gasteiger partial charge on any atom is -0.477 e. The average Bonchev–Trinajstić information content (AvgIpc) is 3.16. The van der Waals surface area contributed by atoms with Gasteiger partial charge in [-0.2, -0.15) is 0 Å². The van der Waals surface area contributed by atoms with Crippen LogP contribution in [0.25, 0.3) is 10.9 Å². The summed E-state index contributed by atoms with van der Waals surface area (Å²) in [6, 6.07) is 13.6. The number of carbonyl (C=O) groups is 1. The van der Waals surface area contributed by atoms with E-state index >= 15 is 0 Å². The SMILES string of the molecule is O=C(O)c1cc2cc(Cl)cc(Cn3cc(C(O)c4ccccc4)nn3)c2[nH]c1=O. The van der Waals surface area contributed by atoms with Crippen LogP contribution in [0.4, 0.5) is 0 Å². The summed E-state index contributed by atoms with van der Waals surface area (Å²) in [7, 11) is 0. The fourth-order valence-corrected chi connectivity index (χ4v) is 3.38. The van der Waals surface area contributed by atoms with E-state index in [0.717, 1.165) is 0 Å². The first-order valence-electron chi connectivity index (χ1n) is 8.64. The Morgan fingerprint density at radius 2 is 1.97 bits per heavy atom. The molecule has 4 aromatic rings. The lowest BCUT2D eigenvalue weighted by Crippen LogP contribution is -2.17. The molecular weight excluding hydrogens is 396 g/mol. The largest absolute Gasteiger partial charge is 0.477 e. The smallest absolute Gasteiger partial charge is 0.341 e. The van der Waals surface area contributed by atoms with Gasteiger partial charge in [-0.15, -0.1) is 5.10 Å². The first-order valence-corrected chi connectivity index (χ1v) is 9.02. The molecule has 2 heterocycles. The van der Waals surface area contributed by atoms with Crippen LogP contribution in [0.3, 0.4) is 0 Å². The number of H-pyrrole nitrogens is 1. The van der Waals surface area contributed by atoms with Gasteiger partial charge in [0.05, 0.1) is 18.3 Å². The molecule has 146 valence electrons. The molecule has 3 N–H and O–H groups in total. The normalized spacial score (nSPS) is 12.2. The van der Waals surface area contributed by atoms with Crippen LogP contribution in [0.5, 0.6) is 0 Å². The Bertz CT molecular complexity index is 1270. The number of rotatable bonds is 5. The molecule has 1 atom stereocenters. The molecule has 0 aliphatic rings. The first-order chi connectivity index (χ1) is 13.9. The maximum atomic E-state index is 12.1. The minimum absolute atomic E-state index is 0.216. The third kappa shape index (κ3) is 3.75. The fraction of sp³-hybridized carbons (Fsp3) is 0.100. The lowest BCUT2D eigenvalue weighted by molar-refractivity contribution is 0.0695. The number of aromatic amines is 1. The molecule has 9 heteroatoms. The second-order valence-corrected chi connectivity index (χ2v) is 6.94. The van der Waals surface area contributed by atoms with Crippen LogP contribution in [-0.2, 0) is 6.54 Å². The monoisotopic (exact) mass is 410 g/mol. The lowest BCUT2D eigenvalue weighted by Gasteiger charge is -2.09. The number of aliphatic hydroxyl groups is 1. The molecule has 1 unspecified atom stereocenters. The van der Waals surface area contributed by atoms with Crippen LogP contribution >= 0.6 is 11.6 Å². The summed E-state index contributed by atoms with van der Waals surface area (Å²) in [5.74, 6) is -1.31. The second-order valence-electron chi connectivity index (χ2n) is 6.50. The first kappa shape index (κ1) is 18.9. The molecule has 0 radical (unpaired) electrons. The van der Waals surface area contributed by atoms with Gasteiger partial charge >= 0.3 is 5.97 Å². The molecule has 0 saturated carbocycles. The third-order valence-corrected chi connectivity index (χ3v) is 4.73. The number of hydrogen-bond donors (Lipinski definition) is 3. The molecule has 0 spiro atoms. The highest BCUT2D eigenvalue weighted by atomic mass is 35.5. The van der Waals surface area contributed by atoms with Crippen molar-refractivity contribution in [2.75, 3.05) is 0 Å². The zero-order chi connectivity index (χ0) is 20.5. The quantitative estimate of drug-likeness (QED) is 0.465. The number of carboxylic acid groups (broad SMARTS) is 1. The van der Waals surface area contributed by atoms with Gasteiger partial charge in [-0.25, -0.2) is 9.48 Å². The van der Waals surface area contributed by atoms with Crippen molar-refractivity contribution in [2.24, 2.45) is 0 Å². The molecule has 0 aliphatic heterocycles. The average molecular weight is 411 g/mol. The van der Waals surface area contributed by atoms with Crippen molar-refractivity contribution in [1.82, 2.24) is 20.0 Å². The number of aromatic nitrogens is 4. The molecule has 0 saturated heterocycles. The molecule has 0 amide bonds. The standard InChI is InChI=1S/C20H15ClN4O4/c21-14-6-12-8-15(20(28)29)19(27)22-17(12)13(7-14)9-25-10-16(23-24-25)18(26)11-4-2-1-3-5-11/h1-8,10,18,26H,9H2,(H,22,27)(H,28,29). The van der Waals surface area contributed by atoms with Gasteiger partial charge in [0.25, 0.3) is 5.56 Å². The molecule has 0 aliphatic carbocycles. The number of aromatic carboxylic acids is 1. The van der Waals surface area contributed by atoms with Crippen LogP contribution in [0.1, 0.15) is 33.3 Å². The highest BCUT2D eigenvalue weighted by molar-refractivity contribution is 6.31. The van der Waals surface area contributed by atoms with Crippen LogP contribution in [0, 0.1) is 0 Å². The van der Waals surface area contributed by atoms with Gasteiger partial charge in [0.2, 0.25) is 0 Å². The summed E-state index contributed by atoms with van der Waals surface area (Å²) in [5.41, 5.74) is 1.10. The fourth-order valence-electron chi connectivity index (χ4n) is 3.13. The van der Waals surface area contributed by atoms with E-state index in [9.17, 15) is 14.7 Å². The molecule has 8 nitrogen and oxygen atoms in total. The molecule has 2 aromatic heterocycles. The van der Waals surface area contributed by atoms with Crippen molar-refractivity contribution in [3.63, 3.8) is 0 Å². The van der Waals surface area contributed by atoms with Gasteiger partial charge in [0, 0.05) is 10.4 Å². The number of halogens is 1. The Morgan fingerprint density at radius 1 is 1.21 bits per heavy atom. The molecular formula is C20H15ClN4O4. The molecule has 0 bridgehead atoms. The summed E-state index contributed by atoms with van der Waals surface area (Å²) in [6.45, 7) is 0.216. The molecule has 0 fully saturated rings. The summed E-state index contributed by atoms with van der Waals surface area (Å²) in [6.07, 6.45) is 0.688. The van der Waals surface area contributed by atoms with Crippen LogP contribution < -0.4 is 5.56 Å². The van der Waals surface area contributed by atoms with Crippen molar-refractivity contribution in [1.29, 1.82) is 0 Å². The molecule has 4 rings (SSSR count). The maximum absolute atomic E-state index is 12.1. The van der Waals surface area contributed by atoms with Crippen molar-refractivity contribution in [2.45, 2.75) is 12.6 Å². The number of hydrogen-bond acceptors (Lipinski definition) is 5. The van der Waals surface area contributed by atoms with E-state index in [-0.39, 0.29) is 12.1 Å². The van der Waals surface area contributed by atoms with E-state index in [4.69, 9.17) is 16.7 Å². The number of benzene rings is 2. The van der Waals surface area contributed by atoms with E-state index in [1.807, 2.05) is 18.2 Å². The van der Waals surface area contributed by atoms with Gasteiger partial charge < -0.3 is 15.2 Å². The highest BCUT2D eigenvalue weighted by Gasteiger charge is 2.16. The van der Waals surface area contributed by atoms with Gasteiger partial charge in [-0.05, 0) is 29.3 Å². The summed E-state index contributed by atoms with van der Waals surface area (Å²) in [4.78, 5) is 25.9. The summed E-state index contributed by atoms with van der Waals surface area (Å²) >= 11 is 6.17. The predicted molar refractivity (Wildman–Crippen MR) is 106 cm³/mol. The van der Waals surface area contributed by atoms with E-state index in [1.165, 1.54) is 10.7 Å². The molecule has 29 heavy (non-hydrogen) atoms. The number of pyridine rings is 1. The summed E-state index contributed by atoms with van der Waals surface area (Å²) in [5, 5.41) is 28.6. The van der Waals surface area contributed by atoms with E-state index in [2.05, 4.69) is 15.3 Å². The number of nitrogens with one attached hydrogen (secondary N) is 1. The summed E-state index contributed by atoms with van der Waals surface area (Å²) < 4.78 is 1.51. The Kier molecular flexibility index (Phi) is 4.87.